The molecule has 2 rings (SSSR count). The van der Waals surface area contributed by atoms with Crippen LogP contribution >= 0.6 is 0 Å². The van der Waals surface area contributed by atoms with Gasteiger partial charge in [0.25, 0.3) is 0 Å². The lowest BCUT2D eigenvalue weighted by Crippen LogP contribution is -2.27. The third-order valence-corrected chi connectivity index (χ3v) is 4.40. The van der Waals surface area contributed by atoms with Crippen molar-refractivity contribution >= 4 is 10.0 Å². The van der Waals surface area contributed by atoms with E-state index in [1.165, 1.54) is 18.2 Å². The normalized spacial score (nSPS) is 24.4. The van der Waals surface area contributed by atoms with E-state index in [-0.39, 0.29) is 10.9 Å². The van der Waals surface area contributed by atoms with Crippen LogP contribution in [0, 0.1) is 11.7 Å². The van der Waals surface area contributed by atoms with Gasteiger partial charge in [-0.1, -0.05) is 25.5 Å². The van der Waals surface area contributed by atoms with Crippen LogP contribution < -0.4 is 4.72 Å². The Kier molecular flexibility index (Phi) is 2.99. The highest BCUT2D eigenvalue weighted by atomic mass is 32.2. The molecule has 88 valence electrons. The third kappa shape index (κ3) is 2.25. The van der Waals surface area contributed by atoms with Crippen LogP contribution in [0.4, 0.5) is 4.39 Å². The van der Waals surface area contributed by atoms with Gasteiger partial charge in [0.1, 0.15) is 10.7 Å². The molecule has 2 unspecified atom stereocenters. The van der Waals surface area contributed by atoms with Crippen molar-refractivity contribution in [2.24, 2.45) is 5.92 Å². The fourth-order valence-corrected chi connectivity index (χ4v) is 3.17. The highest BCUT2D eigenvalue weighted by Crippen LogP contribution is 2.34. The van der Waals surface area contributed by atoms with E-state index in [4.69, 9.17) is 0 Å². The topological polar surface area (TPSA) is 46.2 Å². The zero-order valence-corrected chi connectivity index (χ0v) is 9.80. The Balaban J connectivity index is 2.17. The number of benzene rings is 1. The summed E-state index contributed by atoms with van der Waals surface area (Å²) < 4.78 is 39.5. The summed E-state index contributed by atoms with van der Waals surface area (Å²) in [4.78, 5) is -0.267. The molecule has 0 heterocycles. The molecule has 1 aliphatic carbocycles. The first kappa shape index (κ1) is 11.5. The van der Waals surface area contributed by atoms with Gasteiger partial charge in [0.15, 0.2) is 0 Å². The van der Waals surface area contributed by atoms with Crippen molar-refractivity contribution in [2.45, 2.75) is 30.7 Å². The summed E-state index contributed by atoms with van der Waals surface area (Å²) in [6.45, 7) is 2.02. The van der Waals surface area contributed by atoms with Crippen LogP contribution in [0.15, 0.2) is 29.2 Å². The van der Waals surface area contributed by atoms with Crippen molar-refractivity contribution in [3.8, 4) is 0 Å². The SMILES string of the molecule is CCC1CC1NS(=O)(=O)c1ccccc1F. The van der Waals surface area contributed by atoms with E-state index in [0.717, 1.165) is 18.9 Å². The molecule has 5 heteroatoms. The highest BCUT2D eigenvalue weighted by molar-refractivity contribution is 7.89. The summed E-state index contributed by atoms with van der Waals surface area (Å²) in [6, 6.07) is 5.40. The van der Waals surface area contributed by atoms with Crippen molar-refractivity contribution in [1.29, 1.82) is 0 Å². The fourth-order valence-electron chi connectivity index (χ4n) is 1.77. The number of rotatable bonds is 4. The van der Waals surface area contributed by atoms with E-state index < -0.39 is 15.8 Å². The van der Waals surface area contributed by atoms with Crippen molar-refractivity contribution in [3.63, 3.8) is 0 Å². The molecule has 1 aromatic rings. The zero-order chi connectivity index (χ0) is 11.8. The molecule has 1 N–H and O–H groups in total. The van der Waals surface area contributed by atoms with Gasteiger partial charge in [-0.2, -0.15) is 0 Å². The average Bonchev–Trinajstić information content (AvgIpc) is 2.96. The van der Waals surface area contributed by atoms with Gasteiger partial charge in [-0.15, -0.1) is 0 Å². The first-order valence-electron chi connectivity index (χ1n) is 5.31. The second-order valence-corrected chi connectivity index (χ2v) is 5.74. The van der Waals surface area contributed by atoms with Crippen LogP contribution in [-0.2, 0) is 10.0 Å². The van der Waals surface area contributed by atoms with Gasteiger partial charge in [0, 0.05) is 6.04 Å². The van der Waals surface area contributed by atoms with Crippen molar-refractivity contribution in [3.05, 3.63) is 30.1 Å². The molecule has 0 aromatic heterocycles. The highest BCUT2D eigenvalue weighted by Gasteiger charge is 2.39. The summed E-state index contributed by atoms with van der Waals surface area (Å²) in [6.07, 6.45) is 1.80. The van der Waals surface area contributed by atoms with Gasteiger partial charge in [-0.25, -0.2) is 17.5 Å². The van der Waals surface area contributed by atoms with Gasteiger partial charge < -0.3 is 0 Å². The summed E-state index contributed by atoms with van der Waals surface area (Å²) in [7, 11) is -3.70. The number of sulfonamides is 1. The lowest BCUT2D eigenvalue weighted by molar-refractivity contribution is 0.553. The number of hydrogen-bond acceptors (Lipinski definition) is 2. The van der Waals surface area contributed by atoms with E-state index in [9.17, 15) is 12.8 Å². The van der Waals surface area contributed by atoms with Crippen LogP contribution in [0.3, 0.4) is 0 Å². The maximum Gasteiger partial charge on any atom is 0.243 e. The molecular formula is C11H14FNO2S. The van der Waals surface area contributed by atoms with Crippen LogP contribution in [0.1, 0.15) is 19.8 Å². The monoisotopic (exact) mass is 243 g/mol. The Morgan fingerprint density at radius 2 is 2.12 bits per heavy atom. The molecule has 3 nitrogen and oxygen atoms in total. The summed E-state index contributed by atoms with van der Waals surface area (Å²) in [5, 5.41) is 0. The standard InChI is InChI=1S/C11H14FNO2S/c1-2-8-7-10(8)13-16(14,15)11-6-4-3-5-9(11)12/h3-6,8,10,13H,2,7H2,1H3. The molecule has 0 radical (unpaired) electrons. The van der Waals surface area contributed by atoms with Gasteiger partial charge in [0.05, 0.1) is 0 Å². The van der Waals surface area contributed by atoms with E-state index in [1.54, 1.807) is 0 Å². The summed E-state index contributed by atoms with van der Waals surface area (Å²) >= 11 is 0. The fraction of sp³-hybridized carbons (Fsp3) is 0.455. The predicted octanol–water partition coefficient (Wildman–Crippen LogP) is 1.90. The quantitative estimate of drug-likeness (QED) is 0.878. The van der Waals surface area contributed by atoms with Gasteiger partial charge in [-0.3, -0.25) is 0 Å². The van der Waals surface area contributed by atoms with Gasteiger partial charge in [-0.05, 0) is 24.5 Å². The molecule has 0 saturated heterocycles. The van der Waals surface area contributed by atoms with E-state index >= 15 is 0 Å². The zero-order valence-electron chi connectivity index (χ0n) is 8.98. The molecule has 0 aliphatic heterocycles. The Bertz CT molecular complexity index is 487. The van der Waals surface area contributed by atoms with Crippen molar-refractivity contribution < 1.29 is 12.8 Å². The molecule has 0 bridgehead atoms. The smallest absolute Gasteiger partial charge is 0.208 e. The minimum atomic E-state index is -3.70. The Morgan fingerprint density at radius 3 is 2.69 bits per heavy atom. The minimum Gasteiger partial charge on any atom is -0.208 e. The number of nitrogens with one attached hydrogen (secondary N) is 1. The Labute approximate surface area is 94.7 Å². The summed E-state index contributed by atoms with van der Waals surface area (Å²) in [5.41, 5.74) is 0. The van der Waals surface area contributed by atoms with Gasteiger partial charge >= 0.3 is 0 Å². The van der Waals surface area contributed by atoms with Crippen LogP contribution in [-0.4, -0.2) is 14.5 Å². The molecule has 1 aromatic carbocycles. The third-order valence-electron chi connectivity index (χ3n) is 2.88. The minimum absolute atomic E-state index is 0.0189. The number of halogens is 1. The molecule has 0 spiro atoms. The van der Waals surface area contributed by atoms with Crippen LogP contribution in [0.5, 0.6) is 0 Å². The summed E-state index contributed by atoms with van der Waals surface area (Å²) in [5.74, 6) is -0.301. The van der Waals surface area contributed by atoms with E-state index in [1.807, 2.05) is 6.92 Å². The van der Waals surface area contributed by atoms with Crippen LogP contribution in [0.2, 0.25) is 0 Å². The molecule has 1 saturated carbocycles. The lowest BCUT2D eigenvalue weighted by atomic mass is 10.3. The second kappa shape index (κ2) is 4.14. The maximum atomic E-state index is 13.3. The first-order chi connectivity index (χ1) is 7.54. The van der Waals surface area contributed by atoms with Gasteiger partial charge in [0.2, 0.25) is 10.0 Å². The molecule has 1 aliphatic rings. The molecular weight excluding hydrogens is 229 g/mol. The second-order valence-electron chi connectivity index (χ2n) is 4.06. The Hall–Kier alpha value is -0.940. The molecule has 0 amide bonds. The maximum absolute atomic E-state index is 13.3. The Morgan fingerprint density at radius 1 is 1.44 bits per heavy atom. The van der Waals surface area contributed by atoms with E-state index in [0.29, 0.717) is 5.92 Å². The first-order valence-corrected chi connectivity index (χ1v) is 6.79. The van der Waals surface area contributed by atoms with E-state index in [2.05, 4.69) is 4.72 Å². The predicted molar refractivity (Wildman–Crippen MR) is 58.9 cm³/mol. The van der Waals surface area contributed by atoms with Crippen molar-refractivity contribution in [2.75, 3.05) is 0 Å². The largest absolute Gasteiger partial charge is 0.243 e. The average molecular weight is 243 g/mol. The molecule has 16 heavy (non-hydrogen) atoms. The lowest BCUT2D eigenvalue weighted by Gasteiger charge is -2.06. The molecule has 2 atom stereocenters. The van der Waals surface area contributed by atoms with Crippen LogP contribution in [0.25, 0.3) is 0 Å². The number of hydrogen-bond donors (Lipinski definition) is 1. The van der Waals surface area contributed by atoms with Crippen molar-refractivity contribution in [1.82, 2.24) is 4.72 Å². The molecule has 1 fully saturated rings.